The van der Waals surface area contributed by atoms with E-state index < -0.39 is 26.2 Å². The Hall–Kier alpha value is -4.09. The van der Waals surface area contributed by atoms with Crippen LogP contribution in [0, 0.1) is 0 Å². The molecule has 4 aromatic carbocycles. The molecule has 4 rings (SSSR count). The summed E-state index contributed by atoms with van der Waals surface area (Å²) in [5.41, 5.74) is 0.614. The van der Waals surface area contributed by atoms with Gasteiger partial charge < -0.3 is 9.47 Å². The Labute approximate surface area is 208 Å². The normalized spacial score (nSPS) is 11.6. The van der Waals surface area contributed by atoms with Crippen LogP contribution in [-0.2, 0) is 24.8 Å². The lowest BCUT2D eigenvalue weighted by Gasteiger charge is -2.15. The van der Waals surface area contributed by atoms with Crippen LogP contribution in [0.25, 0.3) is 10.8 Å². The highest BCUT2D eigenvalue weighted by molar-refractivity contribution is 7.93. The Balaban J connectivity index is 1.85. The third-order valence-corrected chi connectivity index (χ3v) is 7.76. The van der Waals surface area contributed by atoms with E-state index in [0.717, 1.165) is 6.07 Å². The summed E-state index contributed by atoms with van der Waals surface area (Å²) in [6.45, 7) is 1.72. The first-order valence-corrected chi connectivity index (χ1v) is 13.7. The second-order valence-corrected chi connectivity index (χ2v) is 10.9. The van der Waals surface area contributed by atoms with E-state index in [4.69, 9.17) is 9.47 Å². The fraction of sp³-hybridized carbons (Fsp3) is 0.0800. The summed E-state index contributed by atoms with van der Waals surface area (Å²) in [7, 11) is -8.41. The van der Waals surface area contributed by atoms with E-state index in [9.17, 15) is 21.6 Å². The summed E-state index contributed by atoms with van der Waals surface area (Å²) in [6.07, 6.45) is -0.949. The number of ether oxygens (including phenoxy) is 2. The highest BCUT2D eigenvalue weighted by Gasteiger charge is 2.24. The van der Waals surface area contributed by atoms with Gasteiger partial charge in [-0.3, -0.25) is 9.44 Å². The number of fused-ring (bicyclic) bond motifs is 1. The van der Waals surface area contributed by atoms with Crippen molar-refractivity contribution in [1.29, 1.82) is 0 Å². The molecule has 0 saturated heterocycles. The van der Waals surface area contributed by atoms with Gasteiger partial charge in [0.05, 0.1) is 16.4 Å². The van der Waals surface area contributed by atoms with Crippen molar-refractivity contribution in [2.45, 2.75) is 16.7 Å². The van der Waals surface area contributed by atoms with Crippen molar-refractivity contribution in [2.75, 3.05) is 16.1 Å². The predicted molar refractivity (Wildman–Crippen MR) is 136 cm³/mol. The van der Waals surface area contributed by atoms with E-state index in [1.807, 2.05) is 0 Å². The number of carbonyl (C=O) groups is 1. The van der Waals surface area contributed by atoms with Gasteiger partial charge in [-0.1, -0.05) is 42.5 Å². The average Bonchev–Trinajstić information content (AvgIpc) is 2.84. The van der Waals surface area contributed by atoms with Gasteiger partial charge in [0, 0.05) is 16.8 Å². The molecule has 186 valence electrons. The molecular weight excluding hydrogens is 504 g/mol. The molecule has 0 unspecified atom stereocenters. The molecule has 4 aromatic rings. The highest BCUT2D eigenvalue weighted by atomic mass is 32.2. The van der Waals surface area contributed by atoms with Crippen LogP contribution in [0.4, 0.5) is 16.2 Å². The maximum absolute atomic E-state index is 13.4. The van der Waals surface area contributed by atoms with Crippen molar-refractivity contribution in [2.24, 2.45) is 0 Å². The van der Waals surface area contributed by atoms with Crippen LogP contribution < -0.4 is 14.2 Å². The maximum atomic E-state index is 13.4. The third-order valence-electron chi connectivity index (χ3n) is 4.98. The molecule has 36 heavy (non-hydrogen) atoms. The van der Waals surface area contributed by atoms with E-state index in [2.05, 4.69) is 9.44 Å². The quantitative estimate of drug-likeness (QED) is 0.245. The van der Waals surface area contributed by atoms with E-state index in [-0.39, 0.29) is 27.5 Å². The van der Waals surface area contributed by atoms with Gasteiger partial charge in [-0.15, -0.1) is 0 Å². The lowest BCUT2D eigenvalue weighted by Crippen LogP contribution is -2.17. The number of nitrogens with one attached hydrogen (secondary N) is 2. The maximum Gasteiger partial charge on any atom is 0.513 e. The van der Waals surface area contributed by atoms with Crippen LogP contribution >= 0.6 is 0 Å². The zero-order valence-corrected chi connectivity index (χ0v) is 20.7. The van der Waals surface area contributed by atoms with Gasteiger partial charge in [-0.05, 0) is 60.8 Å². The minimum Gasteiger partial charge on any atom is -0.434 e. The van der Waals surface area contributed by atoms with Crippen LogP contribution in [0.2, 0.25) is 0 Å². The molecule has 0 heterocycles. The SMILES string of the molecule is CCOC(=O)Oc1ccc2cc(S(=O)(=O)Nc3ccccc3)cc(S(=O)(=O)Nc3ccccc3)c2c1. The van der Waals surface area contributed by atoms with Crippen LogP contribution in [0.5, 0.6) is 5.75 Å². The van der Waals surface area contributed by atoms with Gasteiger partial charge in [0.1, 0.15) is 5.75 Å². The second kappa shape index (κ2) is 10.3. The molecule has 0 atom stereocenters. The van der Waals surface area contributed by atoms with Crippen molar-refractivity contribution >= 4 is 48.3 Å². The van der Waals surface area contributed by atoms with E-state index in [1.54, 1.807) is 67.6 Å². The van der Waals surface area contributed by atoms with Gasteiger partial charge in [-0.2, -0.15) is 0 Å². The fourth-order valence-corrected chi connectivity index (χ4v) is 5.90. The molecule has 9 nitrogen and oxygen atoms in total. The summed E-state index contributed by atoms with van der Waals surface area (Å²) < 4.78 is 68.0. The summed E-state index contributed by atoms with van der Waals surface area (Å²) in [4.78, 5) is 11.2. The Morgan fingerprint density at radius 2 is 1.33 bits per heavy atom. The topological polar surface area (TPSA) is 128 Å². The van der Waals surface area contributed by atoms with Crippen LogP contribution in [0.3, 0.4) is 0 Å². The minimum atomic E-state index is -4.26. The third kappa shape index (κ3) is 5.75. The monoisotopic (exact) mass is 526 g/mol. The Kier molecular flexibility index (Phi) is 7.13. The number of sulfonamides is 2. The molecular formula is C25H22N2O7S2. The lowest BCUT2D eigenvalue weighted by atomic mass is 10.1. The van der Waals surface area contributed by atoms with Gasteiger partial charge in [0.25, 0.3) is 20.0 Å². The first-order valence-electron chi connectivity index (χ1n) is 10.8. The standard InChI is InChI=1S/C25H22N2O7S2/c1-2-33-25(28)34-21-14-13-18-15-22(35(29,30)26-19-9-5-3-6-10-19)17-24(23(18)16-21)36(31,32)27-20-11-7-4-8-12-20/h3-17,26-27H,2H2,1H3. The predicted octanol–water partition coefficient (Wildman–Crippen LogP) is 4.98. The summed E-state index contributed by atoms with van der Waals surface area (Å²) in [5, 5.41) is 0.453. The van der Waals surface area contributed by atoms with Gasteiger partial charge in [0.2, 0.25) is 0 Å². The highest BCUT2D eigenvalue weighted by Crippen LogP contribution is 2.32. The molecule has 2 N–H and O–H groups in total. The number of benzene rings is 4. The Morgan fingerprint density at radius 1 is 0.750 bits per heavy atom. The molecule has 0 aliphatic carbocycles. The van der Waals surface area contributed by atoms with Crippen molar-refractivity contribution in [3.05, 3.63) is 91.0 Å². The largest absolute Gasteiger partial charge is 0.513 e. The summed E-state index contributed by atoms with van der Waals surface area (Å²) in [5.74, 6) is 0.0372. The molecule has 0 aliphatic rings. The number of rotatable bonds is 8. The van der Waals surface area contributed by atoms with E-state index >= 15 is 0 Å². The van der Waals surface area contributed by atoms with Crippen molar-refractivity contribution < 1.29 is 31.1 Å². The van der Waals surface area contributed by atoms with Crippen LogP contribution in [0.15, 0.2) is 101 Å². The number of para-hydroxylation sites is 2. The second-order valence-electron chi connectivity index (χ2n) is 7.53. The van der Waals surface area contributed by atoms with Gasteiger partial charge >= 0.3 is 6.16 Å². The molecule has 0 aliphatic heterocycles. The smallest absolute Gasteiger partial charge is 0.434 e. The number of anilines is 2. The van der Waals surface area contributed by atoms with Crippen molar-refractivity contribution in [3.8, 4) is 5.75 Å². The molecule has 0 radical (unpaired) electrons. The summed E-state index contributed by atoms with van der Waals surface area (Å²) in [6, 6.07) is 23.0. The van der Waals surface area contributed by atoms with Gasteiger partial charge in [-0.25, -0.2) is 21.6 Å². The minimum absolute atomic E-state index is 0.0372. The molecule has 0 fully saturated rings. The van der Waals surface area contributed by atoms with Crippen molar-refractivity contribution in [1.82, 2.24) is 0 Å². The first kappa shape index (κ1) is 25.0. The van der Waals surface area contributed by atoms with E-state index in [1.165, 1.54) is 24.3 Å². The van der Waals surface area contributed by atoms with Crippen molar-refractivity contribution in [3.63, 3.8) is 0 Å². The molecule has 0 aromatic heterocycles. The zero-order chi connectivity index (χ0) is 25.8. The number of hydrogen-bond acceptors (Lipinski definition) is 7. The zero-order valence-electron chi connectivity index (χ0n) is 19.0. The molecule has 0 amide bonds. The first-order chi connectivity index (χ1) is 17.2. The summed E-state index contributed by atoms with van der Waals surface area (Å²) >= 11 is 0. The molecule has 0 spiro atoms. The van der Waals surface area contributed by atoms with Crippen LogP contribution in [-0.4, -0.2) is 29.6 Å². The number of carbonyl (C=O) groups excluding carboxylic acids is 1. The molecule has 0 bridgehead atoms. The Bertz CT molecular complexity index is 1610. The molecule has 11 heteroatoms. The molecule has 0 saturated carbocycles. The Morgan fingerprint density at radius 3 is 1.92 bits per heavy atom. The van der Waals surface area contributed by atoms with E-state index in [0.29, 0.717) is 16.8 Å². The fourth-order valence-electron chi connectivity index (χ4n) is 3.40. The van der Waals surface area contributed by atoms with Gasteiger partial charge in [0.15, 0.2) is 0 Å². The average molecular weight is 527 g/mol. The van der Waals surface area contributed by atoms with Crippen LogP contribution in [0.1, 0.15) is 6.92 Å². The number of hydrogen-bond donors (Lipinski definition) is 2. The lowest BCUT2D eigenvalue weighted by molar-refractivity contribution is 0.104.